The molecule has 0 saturated heterocycles. The Labute approximate surface area is 109 Å². The summed E-state index contributed by atoms with van der Waals surface area (Å²) in [6, 6.07) is 0.447. The summed E-state index contributed by atoms with van der Waals surface area (Å²) in [7, 11) is 0. The number of hydrogen-bond donors (Lipinski definition) is 2. The number of imidazole rings is 1. The van der Waals surface area contributed by atoms with E-state index < -0.39 is 0 Å². The van der Waals surface area contributed by atoms with E-state index in [2.05, 4.69) is 28.7 Å². The number of aliphatic hydroxyl groups is 1. The molecule has 0 aromatic carbocycles. The van der Waals surface area contributed by atoms with E-state index in [9.17, 15) is 5.11 Å². The van der Waals surface area contributed by atoms with Crippen molar-refractivity contribution in [2.45, 2.75) is 52.1 Å². The minimum Gasteiger partial charge on any atom is -0.396 e. The van der Waals surface area contributed by atoms with E-state index in [4.69, 9.17) is 0 Å². The number of nitrogens with one attached hydrogen (secondary N) is 1. The highest BCUT2D eigenvalue weighted by Gasteiger charge is 2.32. The fourth-order valence-electron chi connectivity index (χ4n) is 2.91. The van der Waals surface area contributed by atoms with Crippen molar-refractivity contribution >= 4 is 0 Å². The molecule has 4 heteroatoms. The van der Waals surface area contributed by atoms with E-state index >= 15 is 0 Å². The van der Waals surface area contributed by atoms with E-state index in [1.165, 1.54) is 18.5 Å². The summed E-state index contributed by atoms with van der Waals surface area (Å²) in [6.45, 7) is 6.38. The minimum absolute atomic E-state index is 0.128. The second-order valence-corrected chi connectivity index (χ2v) is 5.85. The van der Waals surface area contributed by atoms with Gasteiger partial charge in [-0.1, -0.05) is 12.8 Å². The zero-order chi connectivity index (χ0) is 13.0. The van der Waals surface area contributed by atoms with E-state index in [0.29, 0.717) is 12.6 Å². The SMILES string of the molecule is CC(C)n1cncc1CNCC1(CO)CCCC1. The van der Waals surface area contributed by atoms with E-state index in [1.54, 1.807) is 0 Å². The molecule has 1 aliphatic carbocycles. The Balaban J connectivity index is 1.86. The maximum atomic E-state index is 9.56. The van der Waals surface area contributed by atoms with Crippen LogP contribution >= 0.6 is 0 Å². The van der Waals surface area contributed by atoms with Crippen LogP contribution in [0.25, 0.3) is 0 Å². The molecule has 2 N–H and O–H groups in total. The average Bonchev–Trinajstić information content (AvgIpc) is 2.98. The highest BCUT2D eigenvalue weighted by atomic mass is 16.3. The van der Waals surface area contributed by atoms with Gasteiger partial charge in [0.1, 0.15) is 0 Å². The van der Waals surface area contributed by atoms with Gasteiger partial charge in [-0.15, -0.1) is 0 Å². The molecule has 0 spiro atoms. The Bertz CT molecular complexity index is 367. The van der Waals surface area contributed by atoms with Gasteiger partial charge in [0.15, 0.2) is 0 Å². The quantitative estimate of drug-likeness (QED) is 0.814. The third-order valence-electron chi connectivity index (χ3n) is 4.11. The highest BCUT2D eigenvalue weighted by molar-refractivity contribution is 5.00. The summed E-state index contributed by atoms with van der Waals surface area (Å²) in [5, 5.41) is 13.1. The van der Waals surface area contributed by atoms with Crippen LogP contribution in [0.2, 0.25) is 0 Å². The molecule has 0 amide bonds. The first-order chi connectivity index (χ1) is 8.67. The van der Waals surface area contributed by atoms with Crippen LogP contribution in [-0.4, -0.2) is 27.8 Å². The van der Waals surface area contributed by atoms with E-state index in [0.717, 1.165) is 25.9 Å². The van der Waals surface area contributed by atoms with Crippen molar-refractivity contribution < 1.29 is 5.11 Å². The highest BCUT2D eigenvalue weighted by Crippen LogP contribution is 2.36. The zero-order valence-electron chi connectivity index (χ0n) is 11.5. The molecule has 0 bridgehead atoms. The molecule has 4 nitrogen and oxygen atoms in total. The molecule has 1 fully saturated rings. The van der Waals surface area contributed by atoms with Crippen molar-refractivity contribution in [2.75, 3.05) is 13.2 Å². The van der Waals surface area contributed by atoms with Gasteiger partial charge in [0.05, 0.1) is 12.0 Å². The third kappa shape index (κ3) is 2.93. The van der Waals surface area contributed by atoms with Crippen LogP contribution in [0.3, 0.4) is 0 Å². The first-order valence-corrected chi connectivity index (χ1v) is 6.99. The van der Waals surface area contributed by atoms with E-state index in [1.807, 2.05) is 12.5 Å². The van der Waals surface area contributed by atoms with Crippen molar-refractivity contribution in [1.82, 2.24) is 14.9 Å². The minimum atomic E-state index is 0.128. The summed E-state index contributed by atoms with van der Waals surface area (Å²) in [4.78, 5) is 4.20. The zero-order valence-corrected chi connectivity index (χ0v) is 11.5. The molecule has 0 radical (unpaired) electrons. The van der Waals surface area contributed by atoms with Gasteiger partial charge in [-0.05, 0) is 26.7 Å². The Morgan fingerprint density at radius 3 is 2.78 bits per heavy atom. The monoisotopic (exact) mass is 251 g/mol. The summed E-state index contributed by atoms with van der Waals surface area (Å²) >= 11 is 0. The van der Waals surface area contributed by atoms with Gasteiger partial charge in [0, 0.05) is 37.4 Å². The lowest BCUT2D eigenvalue weighted by molar-refractivity contribution is 0.128. The molecular weight excluding hydrogens is 226 g/mol. The lowest BCUT2D eigenvalue weighted by Crippen LogP contribution is -2.35. The molecule has 0 aliphatic heterocycles. The molecule has 0 atom stereocenters. The van der Waals surface area contributed by atoms with Gasteiger partial charge in [-0.3, -0.25) is 0 Å². The Morgan fingerprint density at radius 2 is 2.17 bits per heavy atom. The van der Waals surface area contributed by atoms with Gasteiger partial charge >= 0.3 is 0 Å². The fraction of sp³-hybridized carbons (Fsp3) is 0.786. The first-order valence-electron chi connectivity index (χ1n) is 6.99. The summed E-state index contributed by atoms with van der Waals surface area (Å²) in [5.74, 6) is 0. The van der Waals surface area contributed by atoms with Crippen molar-refractivity contribution in [3.05, 3.63) is 18.2 Å². The van der Waals surface area contributed by atoms with Crippen LogP contribution in [0.15, 0.2) is 12.5 Å². The second-order valence-electron chi connectivity index (χ2n) is 5.85. The van der Waals surface area contributed by atoms with Crippen LogP contribution in [0.1, 0.15) is 51.3 Å². The molecule has 102 valence electrons. The average molecular weight is 251 g/mol. The summed E-state index contributed by atoms with van der Waals surface area (Å²) in [6.07, 6.45) is 8.63. The maximum Gasteiger partial charge on any atom is 0.0951 e. The van der Waals surface area contributed by atoms with Crippen molar-refractivity contribution in [2.24, 2.45) is 5.41 Å². The van der Waals surface area contributed by atoms with Crippen LogP contribution < -0.4 is 5.32 Å². The molecule has 2 rings (SSSR count). The first kappa shape index (κ1) is 13.6. The normalized spacial score (nSPS) is 18.7. The van der Waals surface area contributed by atoms with Gasteiger partial charge in [-0.2, -0.15) is 0 Å². The van der Waals surface area contributed by atoms with Crippen molar-refractivity contribution in [3.63, 3.8) is 0 Å². The van der Waals surface area contributed by atoms with Gasteiger partial charge in [-0.25, -0.2) is 4.98 Å². The maximum absolute atomic E-state index is 9.56. The molecule has 1 aromatic rings. The molecule has 18 heavy (non-hydrogen) atoms. The summed E-state index contributed by atoms with van der Waals surface area (Å²) in [5.41, 5.74) is 1.35. The van der Waals surface area contributed by atoms with Crippen LogP contribution in [-0.2, 0) is 6.54 Å². The fourth-order valence-corrected chi connectivity index (χ4v) is 2.91. The number of rotatable bonds is 6. The number of nitrogens with zero attached hydrogens (tertiary/aromatic N) is 2. The predicted octanol–water partition coefficient (Wildman–Crippen LogP) is 2.11. The smallest absolute Gasteiger partial charge is 0.0951 e. The summed E-state index contributed by atoms with van der Waals surface area (Å²) < 4.78 is 2.19. The standard InChI is InChI=1S/C14H25N3O/c1-12(2)17-11-16-8-13(17)7-15-9-14(10-18)5-3-4-6-14/h8,11-12,15,18H,3-7,9-10H2,1-2H3. The molecule has 1 heterocycles. The van der Waals surface area contributed by atoms with Crippen LogP contribution in [0.5, 0.6) is 0 Å². The molecule has 1 saturated carbocycles. The Hall–Kier alpha value is -0.870. The number of aliphatic hydroxyl groups excluding tert-OH is 1. The largest absolute Gasteiger partial charge is 0.396 e. The lowest BCUT2D eigenvalue weighted by Gasteiger charge is -2.26. The lowest BCUT2D eigenvalue weighted by atomic mass is 9.87. The second kappa shape index (κ2) is 5.85. The van der Waals surface area contributed by atoms with Crippen molar-refractivity contribution in [3.8, 4) is 0 Å². The molecule has 0 unspecified atom stereocenters. The van der Waals surface area contributed by atoms with Gasteiger partial charge in [0.2, 0.25) is 0 Å². The van der Waals surface area contributed by atoms with Gasteiger partial charge < -0.3 is 15.0 Å². The Morgan fingerprint density at radius 1 is 1.44 bits per heavy atom. The number of hydrogen-bond acceptors (Lipinski definition) is 3. The van der Waals surface area contributed by atoms with Crippen LogP contribution in [0, 0.1) is 5.41 Å². The van der Waals surface area contributed by atoms with Gasteiger partial charge in [0.25, 0.3) is 0 Å². The molecule has 1 aromatic heterocycles. The predicted molar refractivity (Wildman–Crippen MR) is 72.3 cm³/mol. The molecule has 1 aliphatic rings. The van der Waals surface area contributed by atoms with E-state index in [-0.39, 0.29) is 5.41 Å². The molecular formula is C14H25N3O. The number of aromatic nitrogens is 2. The van der Waals surface area contributed by atoms with Crippen LogP contribution in [0.4, 0.5) is 0 Å². The third-order valence-corrected chi connectivity index (χ3v) is 4.11. The van der Waals surface area contributed by atoms with Crippen molar-refractivity contribution in [1.29, 1.82) is 0 Å². The Kier molecular flexibility index (Phi) is 4.40. The topological polar surface area (TPSA) is 50.1 Å².